The lowest BCUT2D eigenvalue weighted by Gasteiger charge is -2.14. The third kappa shape index (κ3) is 3.72. The molecule has 8 heteroatoms. The summed E-state index contributed by atoms with van der Waals surface area (Å²) in [4.78, 5) is 13.1. The molecule has 0 aliphatic carbocycles. The number of halogens is 1. The van der Waals surface area contributed by atoms with Crippen LogP contribution < -0.4 is 4.72 Å². The molecule has 0 saturated heterocycles. The lowest BCUT2D eigenvalue weighted by atomic mass is 10.1. The predicted molar refractivity (Wildman–Crippen MR) is 80.6 cm³/mol. The van der Waals surface area contributed by atoms with Crippen molar-refractivity contribution in [3.8, 4) is 0 Å². The largest absolute Gasteiger partial charge is 0.477 e. The molecule has 1 unspecified atom stereocenters. The van der Waals surface area contributed by atoms with Crippen LogP contribution in [0.3, 0.4) is 0 Å². The Morgan fingerprint density at radius 1 is 1.33 bits per heavy atom. The Balaban J connectivity index is 2.20. The molecule has 0 aliphatic heterocycles. The number of carboxylic acid groups (broad SMARTS) is 1. The molecule has 0 spiro atoms. The Bertz CT molecular complexity index is 753. The van der Waals surface area contributed by atoms with Crippen LogP contribution in [0.25, 0.3) is 0 Å². The van der Waals surface area contributed by atoms with Crippen LogP contribution in [0, 0.1) is 0 Å². The summed E-state index contributed by atoms with van der Waals surface area (Å²) < 4.78 is 27.8. The summed E-state index contributed by atoms with van der Waals surface area (Å²) in [6.07, 6.45) is 1.15. The Morgan fingerprint density at radius 3 is 2.48 bits per heavy atom. The summed E-state index contributed by atoms with van der Waals surface area (Å²) in [5.74, 6) is -1.21. The summed E-state index contributed by atoms with van der Waals surface area (Å²) >= 11 is 3.31. The molecular weight excluding hydrogens is 360 g/mol. The van der Waals surface area contributed by atoms with E-state index in [1.807, 2.05) is 12.1 Å². The van der Waals surface area contributed by atoms with E-state index in [0.717, 1.165) is 22.3 Å². The predicted octanol–water partition coefficient (Wildman–Crippen LogP) is 2.51. The Hall–Kier alpha value is -1.64. The maximum atomic E-state index is 12.2. The van der Waals surface area contributed by atoms with Gasteiger partial charge in [0.05, 0.1) is 0 Å². The molecular formula is C13H13BrN2O4S. The van der Waals surface area contributed by atoms with Gasteiger partial charge >= 0.3 is 5.97 Å². The minimum atomic E-state index is -3.79. The maximum Gasteiger partial charge on any atom is 0.352 e. The summed E-state index contributed by atoms with van der Waals surface area (Å²) in [5, 5.41) is 8.80. The number of hydrogen-bond donors (Lipinski definition) is 3. The fraction of sp³-hybridized carbons (Fsp3) is 0.154. The SMILES string of the molecule is CC(NS(=O)(=O)c1c[nH]c(C(=O)O)c1)c1ccc(Br)cc1. The molecule has 2 aromatic rings. The number of sulfonamides is 1. The van der Waals surface area contributed by atoms with Crippen LogP contribution in [0.15, 0.2) is 45.9 Å². The van der Waals surface area contributed by atoms with E-state index in [9.17, 15) is 13.2 Å². The number of H-pyrrole nitrogens is 1. The van der Waals surface area contributed by atoms with Gasteiger partial charge in [0.25, 0.3) is 0 Å². The molecule has 3 N–H and O–H groups in total. The van der Waals surface area contributed by atoms with Crippen molar-refractivity contribution in [1.82, 2.24) is 9.71 Å². The number of hydrogen-bond acceptors (Lipinski definition) is 3. The van der Waals surface area contributed by atoms with Gasteiger partial charge in [0, 0.05) is 16.7 Å². The van der Waals surface area contributed by atoms with Gasteiger partial charge in [-0.1, -0.05) is 28.1 Å². The van der Waals surface area contributed by atoms with Crippen LogP contribution >= 0.6 is 15.9 Å². The molecule has 1 heterocycles. The first kappa shape index (κ1) is 15.7. The molecule has 0 fully saturated rings. The molecule has 0 bridgehead atoms. The van der Waals surface area contributed by atoms with Gasteiger partial charge in [0.15, 0.2) is 0 Å². The van der Waals surface area contributed by atoms with Crippen molar-refractivity contribution in [3.63, 3.8) is 0 Å². The van der Waals surface area contributed by atoms with Gasteiger partial charge < -0.3 is 10.1 Å². The number of aromatic amines is 1. The molecule has 6 nitrogen and oxygen atoms in total. The zero-order valence-electron chi connectivity index (χ0n) is 11.0. The van der Waals surface area contributed by atoms with Crippen LogP contribution in [0.1, 0.15) is 29.0 Å². The van der Waals surface area contributed by atoms with E-state index < -0.39 is 22.0 Å². The first-order valence-corrected chi connectivity index (χ1v) is 8.27. The van der Waals surface area contributed by atoms with Gasteiger partial charge in [-0.25, -0.2) is 17.9 Å². The third-order valence-corrected chi connectivity index (χ3v) is 4.95. The fourth-order valence-corrected chi connectivity index (χ4v) is 3.26. The number of benzene rings is 1. The van der Waals surface area contributed by atoms with Gasteiger partial charge in [0.2, 0.25) is 10.0 Å². The highest BCUT2D eigenvalue weighted by molar-refractivity contribution is 9.10. The van der Waals surface area contributed by atoms with Gasteiger partial charge in [-0.15, -0.1) is 0 Å². The number of aromatic carboxylic acids is 1. The Labute approximate surface area is 130 Å². The van der Waals surface area contributed by atoms with E-state index in [2.05, 4.69) is 25.6 Å². The number of carbonyl (C=O) groups is 1. The highest BCUT2D eigenvalue weighted by atomic mass is 79.9. The van der Waals surface area contributed by atoms with E-state index in [-0.39, 0.29) is 10.6 Å². The number of rotatable bonds is 5. The second-order valence-electron chi connectivity index (χ2n) is 4.45. The summed E-state index contributed by atoms with van der Waals surface area (Å²) in [6.45, 7) is 1.71. The van der Waals surface area contributed by atoms with E-state index in [4.69, 9.17) is 5.11 Å². The zero-order chi connectivity index (χ0) is 15.6. The molecule has 112 valence electrons. The second-order valence-corrected chi connectivity index (χ2v) is 7.08. The molecule has 1 atom stereocenters. The van der Waals surface area contributed by atoms with E-state index >= 15 is 0 Å². The lowest BCUT2D eigenvalue weighted by molar-refractivity contribution is 0.0691. The number of aromatic nitrogens is 1. The van der Waals surface area contributed by atoms with E-state index in [0.29, 0.717) is 0 Å². The Morgan fingerprint density at radius 2 is 1.95 bits per heavy atom. The molecule has 2 rings (SSSR count). The van der Waals surface area contributed by atoms with Crippen molar-refractivity contribution >= 4 is 31.9 Å². The van der Waals surface area contributed by atoms with Crippen LogP contribution in [0.4, 0.5) is 0 Å². The van der Waals surface area contributed by atoms with Crippen molar-refractivity contribution < 1.29 is 18.3 Å². The summed E-state index contributed by atoms with van der Waals surface area (Å²) in [6, 6.07) is 7.89. The van der Waals surface area contributed by atoms with Crippen LogP contribution in [-0.2, 0) is 10.0 Å². The van der Waals surface area contributed by atoms with Crippen molar-refractivity contribution in [2.24, 2.45) is 0 Å². The van der Waals surface area contributed by atoms with Crippen molar-refractivity contribution in [2.45, 2.75) is 17.9 Å². The van der Waals surface area contributed by atoms with Crippen molar-refractivity contribution in [2.75, 3.05) is 0 Å². The van der Waals surface area contributed by atoms with Crippen LogP contribution in [0.5, 0.6) is 0 Å². The normalized spacial score (nSPS) is 13.0. The van der Waals surface area contributed by atoms with E-state index in [1.54, 1.807) is 19.1 Å². The first-order chi connectivity index (χ1) is 9.79. The monoisotopic (exact) mass is 372 g/mol. The van der Waals surface area contributed by atoms with Crippen LogP contribution in [0.2, 0.25) is 0 Å². The highest BCUT2D eigenvalue weighted by Crippen LogP contribution is 2.19. The second kappa shape index (κ2) is 6.00. The minimum absolute atomic E-state index is 0.108. The molecule has 1 aromatic heterocycles. The standard InChI is InChI=1S/C13H13BrN2O4S/c1-8(9-2-4-10(14)5-3-9)16-21(19,20)11-6-12(13(17)18)15-7-11/h2-8,15-16H,1H3,(H,17,18). The number of carboxylic acids is 1. The van der Waals surface area contributed by atoms with Crippen molar-refractivity contribution in [1.29, 1.82) is 0 Å². The van der Waals surface area contributed by atoms with Crippen molar-refractivity contribution in [3.05, 3.63) is 52.3 Å². The topological polar surface area (TPSA) is 99.3 Å². The zero-order valence-corrected chi connectivity index (χ0v) is 13.4. The molecule has 21 heavy (non-hydrogen) atoms. The fourth-order valence-electron chi connectivity index (χ4n) is 1.77. The molecule has 0 amide bonds. The van der Waals surface area contributed by atoms with Crippen LogP contribution in [-0.4, -0.2) is 24.5 Å². The molecule has 1 aromatic carbocycles. The number of nitrogens with one attached hydrogen (secondary N) is 2. The quantitative estimate of drug-likeness (QED) is 0.750. The van der Waals surface area contributed by atoms with Gasteiger partial charge in [-0.05, 0) is 30.7 Å². The Kier molecular flexibility index (Phi) is 4.50. The summed E-state index contributed by atoms with van der Waals surface area (Å²) in [5.41, 5.74) is 0.627. The summed E-state index contributed by atoms with van der Waals surface area (Å²) in [7, 11) is -3.79. The average Bonchev–Trinajstić information content (AvgIpc) is 2.89. The lowest BCUT2D eigenvalue weighted by Crippen LogP contribution is -2.26. The molecule has 0 aliphatic rings. The molecule has 0 saturated carbocycles. The van der Waals surface area contributed by atoms with Gasteiger partial charge in [-0.2, -0.15) is 0 Å². The first-order valence-electron chi connectivity index (χ1n) is 5.99. The minimum Gasteiger partial charge on any atom is -0.477 e. The molecule has 0 radical (unpaired) electrons. The smallest absolute Gasteiger partial charge is 0.352 e. The maximum absolute atomic E-state index is 12.2. The third-order valence-electron chi connectivity index (χ3n) is 2.90. The highest BCUT2D eigenvalue weighted by Gasteiger charge is 2.21. The average molecular weight is 373 g/mol. The van der Waals surface area contributed by atoms with Gasteiger partial charge in [-0.3, -0.25) is 0 Å². The van der Waals surface area contributed by atoms with Gasteiger partial charge in [0.1, 0.15) is 10.6 Å². The van der Waals surface area contributed by atoms with E-state index in [1.165, 1.54) is 0 Å².